The normalized spacial score (nSPS) is 16.2. The molecule has 0 saturated carbocycles. The van der Waals surface area contributed by atoms with Crippen LogP contribution >= 0.6 is 23.1 Å². The van der Waals surface area contributed by atoms with Gasteiger partial charge in [0.05, 0.1) is 11.8 Å². The van der Waals surface area contributed by atoms with Gasteiger partial charge in [-0.25, -0.2) is 0 Å². The molecular weight excluding hydrogens is 571 g/mol. The lowest BCUT2D eigenvalue weighted by Gasteiger charge is -2.20. The van der Waals surface area contributed by atoms with E-state index < -0.39 is 17.7 Å². The van der Waals surface area contributed by atoms with Gasteiger partial charge in [0.25, 0.3) is 5.78 Å². The Kier molecular flexibility index (Phi) is 7.89. The molecule has 10 heteroatoms. The number of carbonyl (C=O) groups excluding carboxylic acids is 2. The average Bonchev–Trinajstić information content (AvgIpc) is 3.76. The van der Waals surface area contributed by atoms with Crippen LogP contribution in [0.15, 0.2) is 112 Å². The van der Waals surface area contributed by atoms with E-state index in [1.807, 2.05) is 55.5 Å². The molecule has 0 bridgehead atoms. The molecule has 1 atom stereocenters. The summed E-state index contributed by atoms with van der Waals surface area (Å²) in [7, 11) is 0. The van der Waals surface area contributed by atoms with E-state index in [1.165, 1.54) is 34.3 Å². The Morgan fingerprint density at radius 2 is 1.76 bits per heavy atom. The van der Waals surface area contributed by atoms with Crippen molar-refractivity contribution < 1.29 is 23.8 Å². The minimum absolute atomic E-state index is 0.0860. The Bertz CT molecular complexity index is 1750. The molecule has 42 heavy (non-hydrogen) atoms. The van der Waals surface area contributed by atoms with E-state index >= 15 is 0 Å². The predicted molar refractivity (Wildman–Crippen MR) is 161 cm³/mol. The van der Waals surface area contributed by atoms with Crippen molar-refractivity contribution in [1.82, 2.24) is 10.2 Å². The standard InChI is InChI=1S/C32H25N3O5S2/c1-20-7-5-10-22(17-20)18-40-24-14-12-23(13-15-24)28(36)26-27(25-11-6-16-39-25)35(30(38)29(26)37)31-33-34-32(42-31)41-19-21-8-3-2-4-9-21/h2-17,27,36H,18-19H2,1H3. The summed E-state index contributed by atoms with van der Waals surface area (Å²) in [5, 5.41) is 20.1. The summed E-state index contributed by atoms with van der Waals surface area (Å²) < 4.78 is 12.2. The minimum Gasteiger partial charge on any atom is -0.507 e. The Hall–Kier alpha value is -4.67. The second kappa shape index (κ2) is 12.1. The Morgan fingerprint density at radius 1 is 0.976 bits per heavy atom. The second-order valence-corrected chi connectivity index (χ2v) is 11.8. The van der Waals surface area contributed by atoms with Crippen molar-refractivity contribution in [1.29, 1.82) is 0 Å². The van der Waals surface area contributed by atoms with Crippen LogP contribution in [0.1, 0.15) is 34.1 Å². The number of hydrogen-bond donors (Lipinski definition) is 1. The first-order valence-corrected chi connectivity index (χ1v) is 14.9. The fourth-order valence-corrected chi connectivity index (χ4v) is 6.48. The number of benzene rings is 3. The van der Waals surface area contributed by atoms with Crippen LogP contribution in [0.2, 0.25) is 0 Å². The van der Waals surface area contributed by atoms with E-state index in [-0.39, 0.29) is 16.5 Å². The van der Waals surface area contributed by atoms with Gasteiger partial charge in [0.1, 0.15) is 29.9 Å². The number of anilines is 1. The van der Waals surface area contributed by atoms with Gasteiger partial charge in [-0.15, -0.1) is 10.2 Å². The lowest BCUT2D eigenvalue weighted by atomic mass is 9.99. The second-order valence-electron chi connectivity index (χ2n) is 9.61. The molecule has 0 spiro atoms. The quantitative estimate of drug-likeness (QED) is 0.0643. The third kappa shape index (κ3) is 5.72. The molecular formula is C32H25N3O5S2. The summed E-state index contributed by atoms with van der Waals surface area (Å²) in [5.74, 6) is -0.353. The monoisotopic (exact) mass is 595 g/mol. The lowest BCUT2D eigenvalue weighted by molar-refractivity contribution is -0.132. The molecule has 2 aromatic heterocycles. The van der Waals surface area contributed by atoms with Crippen molar-refractivity contribution in [3.05, 3.63) is 131 Å². The number of ether oxygens (including phenoxy) is 1. The molecule has 0 radical (unpaired) electrons. The lowest BCUT2D eigenvalue weighted by Crippen LogP contribution is -2.29. The molecule has 1 amide bonds. The van der Waals surface area contributed by atoms with Crippen LogP contribution in [0.3, 0.4) is 0 Å². The molecule has 0 aliphatic carbocycles. The summed E-state index contributed by atoms with van der Waals surface area (Å²) in [6.07, 6.45) is 1.46. The van der Waals surface area contributed by atoms with Crippen LogP contribution < -0.4 is 9.64 Å². The Balaban J connectivity index is 1.26. The number of rotatable bonds is 9. The van der Waals surface area contributed by atoms with Gasteiger partial charge in [-0.05, 0) is 54.4 Å². The van der Waals surface area contributed by atoms with Crippen molar-refractivity contribution >= 4 is 45.7 Å². The van der Waals surface area contributed by atoms with Crippen LogP contribution in [0.25, 0.3) is 5.76 Å². The average molecular weight is 596 g/mol. The number of furan rings is 1. The molecule has 1 N–H and O–H groups in total. The van der Waals surface area contributed by atoms with Crippen molar-refractivity contribution in [3.63, 3.8) is 0 Å². The fraction of sp³-hybridized carbons (Fsp3) is 0.125. The number of thioether (sulfide) groups is 1. The molecule has 6 rings (SSSR count). The Labute approximate surface area is 250 Å². The molecule has 1 aliphatic rings. The van der Waals surface area contributed by atoms with Crippen LogP contribution in [-0.2, 0) is 21.9 Å². The molecule has 5 aromatic rings. The summed E-state index contributed by atoms with van der Waals surface area (Å²) in [6.45, 7) is 2.42. The number of Topliss-reactive ketones (excluding diaryl/α,β-unsaturated/α-hetero) is 1. The zero-order chi connectivity index (χ0) is 29.1. The highest BCUT2D eigenvalue weighted by Gasteiger charge is 2.49. The van der Waals surface area contributed by atoms with Gasteiger partial charge in [0, 0.05) is 11.3 Å². The topological polar surface area (TPSA) is 106 Å². The SMILES string of the molecule is Cc1cccc(COc2ccc(C(O)=C3C(=O)C(=O)N(c4nnc(SCc5ccccc5)s4)C3c3ccco3)cc2)c1. The molecule has 1 fully saturated rings. The highest BCUT2D eigenvalue weighted by atomic mass is 32.2. The third-order valence-corrected chi connectivity index (χ3v) is 8.81. The number of aromatic nitrogens is 2. The largest absolute Gasteiger partial charge is 0.507 e. The predicted octanol–water partition coefficient (Wildman–Crippen LogP) is 6.94. The smallest absolute Gasteiger partial charge is 0.302 e. The van der Waals surface area contributed by atoms with Crippen molar-refractivity contribution in [2.24, 2.45) is 0 Å². The van der Waals surface area contributed by atoms with E-state index in [0.717, 1.165) is 16.7 Å². The maximum atomic E-state index is 13.4. The number of aliphatic hydroxyl groups excluding tert-OH is 1. The van der Waals surface area contributed by atoms with Crippen molar-refractivity contribution in [2.75, 3.05) is 4.90 Å². The molecule has 3 heterocycles. The van der Waals surface area contributed by atoms with Gasteiger partial charge >= 0.3 is 5.91 Å². The number of hydrogen-bond acceptors (Lipinski definition) is 9. The molecule has 8 nitrogen and oxygen atoms in total. The first-order chi connectivity index (χ1) is 20.5. The van der Waals surface area contributed by atoms with Gasteiger partial charge in [-0.2, -0.15) is 0 Å². The van der Waals surface area contributed by atoms with Crippen LogP contribution in [-0.4, -0.2) is 27.0 Å². The number of carbonyl (C=O) groups is 2. The molecule has 3 aromatic carbocycles. The van der Waals surface area contributed by atoms with Gasteiger partial charge < -0.3 is 14.3 Å². The fourth-order valence-electron chi connectivity index (χ4n) is 4.66. The van der Waals surface area contributed by atoms with Crippen molar-refractivity contribution in [2.45, 2.75) is 29.7 Å². The number of ketones is 1. The molecule has 1 unspecified atom stereocenters. The van der Waals surface area contributed by atoms with Gasteiger partial charge in [-0.1, -0.05) is 83.3 Å². The minimum atomic E-state index is -1.00. The summed E-state index contributed by atoms with van der Waals surface area (Å²) >= 11 is 2.69. The number of aliphatic hydroxyl groups is 1. The summed E-state index contributed by atoms with van der Waals surface area (Å²) in [5.41, 5.74) is 3.59. The zero-order valence-corrected chi connectivity index (χ0v) is 24.1. The van der Waals surface area contributed by atoms with Crippen LogP contribution in [0, 0.1) is 6.92 Å². The van der Waals surface area contributed by atoms with E-state index in [9.17, 15) is 14.7 Å². The van der Waals surface area contributed by atoms with Gasteiger partial charge in [0.2, 0.25) is 5.13 Å². The highest BCUT2D eigenvalue weighted by molar-refractivity contribution is 8.00. The first-order valence-electron chi connectivity index (χ1n) is 13.1. The zero-order valence-electron chi connectivity index (χ0n) is 22.5. The molecule has 210 valence electrons. The Morgan fingerprint density at radius 3 is 2.50 bits per heavy atom. The maximum Gasteiger partial charge on any atom is 0.302 e. The van der Waals surface area contributed by atoms with E-state index in [4.69, 9.17) is 9.15 Å². The van der Waals surface area contributed by atoms with E-state index in [1.54, 1.807) is 36.4 Å². The molecule has 1 aliphatic heterocycles. The van der Waals surface area contributed by atoms with E-state index in [0.29, 0.717) is 33.8 Å². The molecule has 1 saturated heterocycles. The first kappa shape index (κ1) is 27.5. The number of aryl methyl sites for hydroxylation is 1. The van der Waals surface area contributed by atoms with E-state index in [2.05, 4.69) is 16.3 Å². The van der Waals surface area contributed by atoms with Crippen molar-refractivity contribution in [3.8, 4) is 5.75 Å². The maximum absolute atomic E-state index is 13.4. The summed E-state index contributed by atoms with van der Waals surface area (Å²) in [4.78, 5) is 27.9. The van der Waals surface area contributed by atoms with Gasteiger partial charge in [0.15, 0.2) is 4.34 Å². The summed E-state index contributed by atoms with van der Waals surface area (Å²) in [6, 6.07) is 27.0. The van der Waals surface area contributed by atoms with Crippen LogP contribution in [0.4, 0.5) is 5.13 Å². The van der Waals surface area contributed by atoms with Gasteiger partial charge in [-0.3, -0.25) is 14.5 Å². The number of amides is 1. The number of nitrogens with zero attached hydrogens (tertiary/aromatic N) is 3. The highest BCUT2D eigenvalue weighted by Crippen LogP contribution is 2.44. The van der Waals surface area contributed by atoms with Crippen LogP contribution in [0.5, 0.6) is 5.75 Å². The third-order valence-electron chi connectivity index (χ3n) is 6.68.